The molecule has 0 aliphatic rings. The van der Waals surface area contributed by atoms with Crippen molar-refractivity contribution in [1.29, 1.82) is 0 Å². The Morgan fingerprint density at radius 3 is 1.22 bits per heavy atom. The van der Waals surface area contributed by atoms with E-state index in [0.29, 0.717) is 11.5 Å². The minimum atomic E-state index is 0.322. The van der Waals surface area contributed by atoms with Gasteiger partial charge in [-0.2, -0.15) is 0 Å². The van der Waals surface area contributed by atoms with Crippen LogP contribution in [0.4, 0.5) is 0 Å². The van der Waals surface area contributed by atoms with Gasteiger partial charge in [0.15, 0.2) is 0 Å². The van der Waals surface area contributed by atoms with Crippen molar-refractivity contribution in [1.82, 2.24) is 0 Å². The zero-order chi connectivity index (χ0) is 16.8. The smallest absolute Gasteiger partial charge is 0.115 e. The molecule has 3 rings (SSSR count). The fourth-order valence-electron chi connectivity index (χ4n) is 1.64. The summed E-state index contributed by atoms with van der Waals surface area (Å²) < 4.78 is 0. The van der Waals surface area contributed by atoms with E-state index in [1.165, 1.54) is 5.56 Å². The van der Waals surface area contributed by atoms with Crippen LogP contribution in [0.5, 0.6) is 11.5 Å². The maximum atomic E-state index is 8.63. The van der Waals surface area contributed by atoms with Crippen molar-refractivity contribution in [3.63, 3.8) is 0 Å². The summed E-state index contributed by atoms with van der Waals surface area (Å²) in [6, 6.07) is 27.7. The lowest BCUT2D eigenvalue weighted by Crippen LogP contribution is -1.75. The zero-order valence-corrected chi connectivity index (χ0v) is 13.0. The molecule has 0 aromatic heterocycles. The van der Waals surface area contributed by atoms with Crippen LogP contribution < -0.4 is 0 Å². The van der Waals surface area contributed by atoms with Crippen molar-refractivity contribution in [3.8, 4) is 11.5 Å². The van der Waals surface area contributed by atoms with Gasteiger partial charge in [0.1, 0.15) is 11.5 Å². The molecule has 0 heterocycles. The molecule has 0 unspecified atom stereocenters. The molecule has 2 nitrogen and oxygen atoms in total. The van der Waals surface area contributed by atoms with Crippen LogP contribution in [0.2, 0.25) is 0 Å². The molecule has 0 amide bonds. The van der Waals surface area contributed by atoms with E-state index in [4.69, 9.17) is 10.2 Å². The number of rotatable bonds is 2. The average Bonchev–Trinajstić information content (AvgIpc) is 2.59. The molecular weight excluding hydrogens is 284 g/mol. The second-order valence-electron chi connectivity index (χ2n) is 4.65. The monoisotopic (exact) mass is 306 g/mol. The number of allylic oxidation sites excluding steroid dienone is 1. The standard InChI is InChI=1S/C9H10.2C6H6O/c1-2-6-9-7-4-3-5-8-9;2*7-6-4-2-1-3-5-6/h2-5,7-8H,1,6H2;2*1-5,7H. The van der Waals surface area contributed by atoms with Gasteiger partial charge in [-0.3, -0.25) is 0 Å². The van der Waals surface area contributed by atoms with E-state index < -0.39 is 0 Å². The number of aromatic hydroxyl groups is 2. The maximum Gasteiger partial charge on any atom is 0.115 e. The molecule has 3 aromatic rings. The van der Waals surface area contributed by atoms with E-state index in [2.05, 4.69) is 18.7 Å². The Labute approximate surface area is 138 Å². The number of hydrogen-bond donors (Lipinski definition) is 2. The molecule has 2 N–H and O–H groups in total. The molecular formula is C21H22O2. The third-order valence-corrected chi connectivity index (χ3v) is 2.74. The summed E-state index contributed by atoms with van der Waals surface area (Å²) in [6.07, 6.45) is 2.89. The van der Waals surface area contributed by atoms with E-state index in [9.17, 15) is 0 Å². The molecule has 23 heavy (non-hydrogen) atoms. The van der Waals surface area contributed by atoms with Gasteiger partial charge in [0.2, 0.25) is 0 Å². The van der Waals surface area contributed by atoms with Crippen LogP contribution in [0.25, 0.3) is 0 Å². The molecule has 0 aliphatic carbocycles. The van der Waals surface area contributed by atoms with Crippen LogP contribution in [-0.4, -0.2) is 10.2 Å². The van der Waals surface area contributed by atoms with Gasteiger partial charge < -0.3 is 10.2 Å². The number of hydrogen-bond acceptors (Lipinski definition) is 2. The SMILES string of the molecule is C=CCc1ccccc1.Oc1ccccc1.Oc1ccccc1. The highest BCUT2D eigenvalue weighted by atomic mass is 16.3. The summed E-state index contributed by atoms with van der Waals surface area (Å²) in [5.41, 5.74) is 1.33. The third-order valence-electron chi connectivity index (χ3n) is 2.74. The molecule has 0 fully saturated rings. The number of phenolic OH excluding ortho intramolecular Hbond substituents is 2. The molecule has 0 atom stereocenters. The third kappa shape index (κ3) is 9.53. The highest BCUT2D eigenvalue weighted by molar-refractivity contribution is 5.19. The second-order valence-corrected chi connectivity index (χ2v) is 4.65. The summed E-state index contributed by atoms with van der Waals surface area (Å²) in [5, 5.41) is 17.3. The minimum absolute atomic E-state index is 0.322. The van der Waals surface area contributed by atoms with Gasteiger partial charge in [0.25, 0.3) is 0 Å². The minimum Gasteiger partial charge on any atom is -0.508 e. The van der Waals surface area contributed by atoms with Crippen LogP contribution in [0.3, 0.4) is 0 Å². The molecule has 0 aliphatic heterocycles. The van der Waals surface area contributed by atoms with E-state index in [0.717, 1.165) is 6.42 Å². The van der Waals surface area contributed by atoms with Crippen LogP contribution in [0, 0.1) is 0 Å². The van der Waals surface area contributed by atoms with Gasteiger partial charge in [0.05, 0.1) is 0 Å². The summed E-state index contributed by atoms with van der Waals surface area (Å²) in [6.45, 7) is 3.66. The first kappa shape index (κ1) is 18.1. The van der Waals surface area contributed by atoms with E-state index in [1.807, 2.05) is 36.4 Å². The van der Waals surface area contributed by atoms with Crippen LogP contribution in [-0.2, 0) is 6.42 Å². The topological polar surface area (TPSA) is 40.5 Å². The summed E-state index contributed by atoms with van der Waals surface area (Å²) in [4.78, 5) is 0. The fourth-order valence-corrected chi connectivity index (χ4v) is 1.64. The molecule has 0 bridgehead atoms. The van der Waals surface area contributed by atoms with E-state index >= 15 is 0 Å². The normalized spacial score (nSPS) is 8.70. The predicted octanol–water partition coefficient (Wildman–Crippen LogP) is 5.20. The molecule has 0 radical (unpaired) electrons. The Bertz CT molecular complexity index is 597. The van der Waals surface area contributed by atoms with Crippen molar-refractivity contribution in [3.05, 3.63) is 109 Å². The van der Waals surface area contributed by atoms with Gasteiger partial charge in [-0.15, -0.1) is 6.58 Å². The Hall–Kier alpha value is -3.00. The predicted molar refractivity (Wildman–Crippen MR) is 96.6 cm³/mol. The number of para-hydroxylation sites is 2. The van der Waals surface area contributed by atoms with Crippen molar-refractivity contribution in [2.75, 3.05) is 0 Å². The molecule has 2 heteroatoms. The Morgan fingerprint density at radius 2 is 0.957 bits per heavy atom. The number of benzene rings is 3. The summed E-state index contributed by atoms with van der Waals surface area (Å²) in [5.74, 6) is 0.644. The van der Waals surface area contributed by atoms with Crippen LogP contribution in [0.15, 0.2) is 104 Å². The first-order valence-electron chi connectivity index (χ1n) is 7.35. The van der Waals surface area contributed by atoms with E-state index in [1.54, 1.807) is 48.5 Å². The lowest BCUT2D eigenvalue weighted by Gasteiger charge is -1.91. The van der Waals surface area contributed by atoms with Crippen molar-refractivity contribution in [2.45, 2.75) is 6.42 Å². The lowest BCUT2D eigenvalue weighted by molar-refractivity contribution is 0.475. The van der Waals surface area contributed by atoms with Gasteiger partial charge in [0, 0.05) is 0 Å². The van der Waals surface area contributed by atoms with Crippen LogP contribution in [0.1, 0.15) is 5.56 Å². The lowest BCUT2D eigenvalue weighted by atomic mass is 10.2. The second kappa shape index (κ2) is 11.6. The van der Waals surface area contributed by atoms with Gasteiger partial charge in [-0.05, 0) is 36.2 Å². The van der Waals surface area contributed by atoms with E-state index in [-0.39, 0.29) is 0 Å². The quantitative estimate of drug-likeness (QED) is 0.639. The Morgan fingerprint density at radius 1 is 0.609 bits per heavy atom. The molecule has 0 spiro atoms. The highest BCUT2D eigenvalue weighted by Crippen LogP contribution is 2.03. The Kier molecular flexibility index (Phi) is 9.13. The first-order chi connectivity index (χ1) is 11.2. The van der Waals surface area contributed by atoms with Crippen LogP contribution >= 0.6 is 0 Å². The molecule has 0 saturated carbocycles. The van der Waals surface area contributed by atoms with Crippen molar-refractivity contribution >= 4 is 0 Å². The molecule has 118 valence electrons. The van der Waals surface area contributed by atoms with Gasteiger partial charge in [-0.1, -0.05) is 72.8 Å². The van der Waals surface area contributed by atoms with Gasteiger partial charge >= 0.3 is 0 Å². The number of phenols is 2. The largest absolute Gasteiger partial charge is 0.508 e. The van der Waals surface area contributed by atoms with Crippen molar-refractivity contribution in [2.24, 2.45) is 0 Å². The molecule has 3 aromatic carbocycles. The highest BCUT2D eigenvalue weighted by Gasteiger charge is 1.82. The maximum absolute atomic E-state index is 8.63. The Balaban J connectivity index is 0.000000175. The summed E-state index contributed by atoms with van der Waals surface area (Å²) >= 11 is 0. The first-order valence-corrected chi connectivity index (χ1v) is 7.35. The summed E-state index contributed by atoms with van der Waals surface area (Å²) in [7, 11) is 0. The zero-order valence-electron chi connectivity index (χ0n) is 13.0. The molecule has 0 saturated heterocycles. The van der Waals surface area contributed by atoms with Crippen molar-refractivity contribution < 1.29 is 10.2 Å². The van der Waals surface area contributed by atoms with Gasteiger partial charge in [-0.25, -0.2) is 0 Å². The fraction of sp³-hybridized carbons (Fsp3) is 0.0476. The average molecular weight is 306 g/mol.